The molecule has 0 spiro atoms. The number of aliphatic hydroxyl groups is 1. The summed E-state index contributed by atoms with van der Waals surface area (Å²) in [7, 11) is 0. The Kier molecular flexibility index (Phi) is 4.94. The summed E-state index contributed by atoms with van der Waals surface area (Å²) < 4.78 is 0. The predicted molar refractivity (Wildman–Crippen MR) is 81.2 cm³/mol. The normalized spacial score (nSPS) is 34.1. The second-order valence-electron chi connectivity index (χ2n) is 8.09. The molecule has 0 aromatic rings. The first-order valence-corrected chi connectivity index (χ1v) is 8.31. The van der Waals surface area contributed by atoms with E-state index in [1.54, 1.807) is 0 Å². The molecule has 0 saturated heterocycles. The van der Waals surface area contributed by atoms with Crippen LogP contribution in [0.1, 0.15) is 72.1 Å². The van der Waals surface area contributed by atoms with Crippen LogP contribution in [0.3, 0.4) is 0 Å². The van der Waals surface area contributed by atoms with E-state index in [1.165, 1.54) is 51.4 Å². The molecule has 19 heavy (non-hydrogen) atoms. The lowest BCUT2D eigenvalue weighted by molar-refractivity contribution is 0.0667. The van der Waals surface area contributed by atoms with Gasteiger partial charge in [0.05, 0.1) is 0 Å². The van der Waals surface area contributed by atoms with Gasteiger partial charge in [-0.2, -0.15) is 0 Å². The van der Waals surface area contributed by atoms with Gasteiger partial charge in [0, 0.05) is 24.6 Å². The minimum atomic E-state index is 0.185. The molecule has 112 valence electrons. The third kappa shape index (κ3) is 3.95. The van der Waals surface area contributed by atoms with Crippen molar-refractivity contribution < 1.29 is 5.11 Å². The zero-order chi connectivity index (χ0) is 13.9. The van der Waals surface area contributed by atoms with E-state index < -0.39 is 0 Å². The summed E-state index contributed by atoms with van der Waals surface area (Å²) >= 11 is 0. The van der Waals surface area contributed by atoms with Crippen molar-refractivity contribution in [2.75, 3.05) is 13.2 Å². The fraction of sp³-hybridized carbons (Fsp3) is 1.00. The van der Waals surface area contributed by atoms with Crippen molar-refractivity contribution in [3.8, 4) is 0 Å². The molecule has 0 heterocycles. The summed E-state index contributed by atoms with van der Waals surface area (Å²) in [4.78, 5) is 0. The van der Waals surface area contributed by atoms with Gasteiger partial charge in [0.1, 0.15) is 0 Å². The number of aliphatic hydroxyl groups excluding tert-OH is 1. The highest BCUT2D eigenvalue weighted by molar-refractivity contribution is 4.90. The molecular formula is C17H33NO. The van der Waals surface area contributed by atoms with Crippen molar-refractivity contribution in [2.24, 2.45) is 16.7 Å². The van der Waals surface area contributed by atoms with Gasteiger partial charge >= 0.3 is 0 Å². The topological polar surface area (TPSA) is 32.3 Å². The maximum absolute atomic E-state index is 9.78. The van der Waals surface area contributed by atoms with Gasteiger partial charge in [-0.05, 0) is 43.4 Å². The van der Waals surface area contributed by atoms with E-state index in [9.17, 15) is 5.11 Å². The van der Waals surface area contributed by atoms with Crippen LogP contribution in [0, 0.1) is 16.7 Å². The van der Waals surface area contributed by atoms with Crippen molar-refractivity contribution in [1.82, 2.24) is 5.32 Å². The Balaban J connectivity index is 1.84. The van der Waals surface area contributed by atoms with E-state index in [0.29, 0.717) is 18.1 Å². The molecular weight excluding hydrogens is 234 g/mol. The Hall–Kier alpha value is -0.0800. The molecule has 0 amide bonds. The zero-order valence-electron chi connectivity index (χ0n) is 13.2. The smallest absolute Gasteiger partial charge is 0.0499 e. The van der Waals surface area contributed by atoms with E-state index in [0.717, 1.165) is 12.5 Å². The fourth-order valence-electron chi connectivity index (χ4n) is 4.29. The van der Waals surface area contributed by atoms with Gasteiger partial charge in [0.15, 0.2) is 0 Å². The van der Waals surface area contributed by atoms with Gasteiger partial charge in [-0.25, -0.2) is 0 Å². The average molecular weight is 267 g/mol. The largest absolute Gasteiger partial charge is 0.396 e. The second-order valence-corrected chi connectivity index (χ2v) is 8.09. The van der Waals surface area contributed by atoms with Crippen LogP contribution in [-0.2, 0) is 0 Å². The van der Waals surface area contributed by atoms with Crippen LogP contribution in [0.15, 0.2) is 0 Å². The number of hydrogen-bond acceptors (Lipinski definition) is 2. The lowest BCUT2D eigenvalue weighted by Gasteiger charge is -2.42. The van der Waals surface area contributed by atoms with E-state index in [-0.39, 0.29) is 5.41 Å². The van der Waals surface area contributed by atoms with E-state index >= 15 is 0 Å². The van der Waals surface area contributed by atoms with Crippen LogP contribution in [0.2, 0.25) is 0 Å². The van der Waals surface area contributed by atoms with Crippen LogP contribution < -0.4 is 5.32 Å². The van der Waals surface area contributed by atoms with Crippen molar-refractivity contribution in [1.29, 1.82) is 0 Å². The van der Waals surface area contributed by atoms with Crippen LogP contribution in [0.5, 0.6) is 0 Å². The molecule has 2 atom stereocenters. The Morgan fingerprint density at radius 2 is 1.79 bits per heavy atom. The fourth-order valence-corrected chi connectivity index (χ4v) is 4.29. The van der Waals surface area contributed by atoms with Gasteiger partial charge in [0.25, 0.3) is 0 Å². The van der Waals surface area contributed by atoms with Crippen molar-refractivity contribution >= 4 is 0 Å². The summed E-state index contributed by atoms with van der Waals surface area (Å²) in [6.07, 6.45) is 10.3. The lowest BCUT2D eigenvalue weighted by atomic mass is 9.70. The molecule has 2 fully saturated rings. The maximum atomic E-state index is 9.78. The molecule has 0 radical (unpaired) electrons. The summed E-state index contributed by atoms with van der Waals surface area (Å²) in [5.41, 5.74) is 0.710. The number of hydrogen-bond donors (Lipinski definition) is 2. The van der Waals surface area contributed by atoms with Crippen molar-refractivity contribution in [2.45, 2.75) is 78.2 Å². The maximum Gasteiger partial charge on any atom is 0.0499 e. The van der Waals surface area contributed by atoms with Gasteiger partial charge in [-0.1, -0.05) is 40.0 Å². The predicted octanol–water partition coefficient (Wildman–Crippen LogP) is 3.73. The molecule has 0 aliphatic heterocycles. The Bertz CT molecular complexity index is 281. The van der Waals surface area contributed by atoms with E-state index in [1.807, 2.05) is 0 Å². The van der Waals surface area contributed by atoms with E-state index in [4.69, 9.17) is 0 Å². The molecule has 2 unspecified atom stereocenters. The third-order valence-electron chi connectivity index (χ3n) is 5.68. The summed E-state index contributed by atoms with van der Waals surface area (Å²) in [5, 5.41) is 13.6. The van der Waals surface area contributed by atoms with Gasteiger partial charge < -0.3 is 10.4 Å². The molecule has 2 saturated carbocycles. The zero-order valence-corrected chi connectivity index (χ0v) is 13.2. The second kappa shape index (κ2) is 6.13. The monoisotopic (exact) mass is 267 g/mol. The van der Waals surface area contributed by atoms with Crippen LogP contribution >= 0.6 is 0 Å². The Labute approximate surface area is 119 Å². The molecule has 2 aliphatic rings. The first-order valence-electron chi connectivity index (χ1n) is 8.31. The lowest BCUT2D eigenvalue weighted by Crippen LogP contribution is -2.47. The molecule has 0 bridgehead atoms. The molecule has 2 N–H and O–H groups in total. The highest BCUT2D eigenvalue weighted by Crippen LogP contribution is 2.40. The first kappa shape index (κ1) is 15.3. The third-order valence-corrected chi connectivity index (χ3v) is 5.68. The minimum absolute atomic E-state index is 0.185. The van der Waals surface area contributed by atoms with E-state index in [2.05, 4.69) is 26.1 Å². The summed E-state index contributed by atoms with van der Waals surface area (Å²) in [5.74, 6) is 0.767. The minimum Gasteiger partial charge on any atom is -0.396 e. The van der Waals surface area contributed by atoms with Crippen LogP contribution in [0.25, 0.3) is 0 Å². The molecule has 0 aromatic heterocycles. The molecule has 2 aliphatic carbocycles. The standard InChI is InChI=1S/C17H33NO/c1-14-11-16(2,3)10-7-15(14)18-12-17(13-19)8-5-4-6-9-17/h14-15,18-19H,4-13H2,1-3H3. The number of nitrogens with one attached hydrogen (secondary N) is 1. The van der Waals surface area contributed by atoms with Crippen molar-refractivity contribution in [3.63, 3.8) is 0 Å². The highest BCUT2D eigenvalue weighted by Gasteiger charge is 2.35. The Morgan fingerprint density at radius 1 is 1.11 bits per heavy atom. The molecule has 0 aromatic carbocycles. The summed E-state index contributed by atoms with van der Waals surface area (Å²) in [6.45, 7) is 8.59. The molecule has 2 rings (SSSR count). The van der Waals surface area contributed by atoms with Gasteiger partial charge in [0.2, 0.25) is 0 Å². The summed E-state index contributed by atoms with van der Waals surface area (Å²) in [6, 6.07) is 0.665. The van der Waals surface area contributed by atoms with Crippen LogP contribution in [0.4, 0.5) is 0 Å². The Morgan fingerprint density at radius 3 is 2.37 bits per heavy atom. The molecule has 2 heteroatoms. The quantitative estimate of drug-likeness (QED) is 0.813. The first-order chi connectivity index (χ1) is 8.96. The molecule has 2 nitrogen and oxygen atoms in total. The van der Waals surface area contributed by atoms with Crippen LogP contribution in [-0.4, -0.2) is 24.3 Å². The van der Waals surface area contributed by atoms with Gasteiger partial charge in [-0.15, -0.1) is 0 Å². The number of rotatable bonds is 4. The highest BCUT2D eigenvalue weighted by atomic mass is 16.3. The van der Waals surface area contributed by atoms with Crippen molar-refractivity contribution in [3.05, 3.63) is 0 Å². The van der Waals surface area contributed by atoms with Gasteiger partial charge in [-0.3, -0.25) is 0 Å². The average Bonchev–Trinajstić information content (AvgIpc) is 2.38. The SMILES string of the molecule is CC1CC(C)(C)CCC1NCC1(CO)CCCCC1.